The van der Waals surface area contributed by atoms with E-state index in [1.807, 2.05) is 0 Å². The van der Waals surface area contributed by atoms with Gasteiger partial charge >= 0.3 is 0 Å². The Morgan fingerprint density at radius 3 is 3.00 bits per heavy atom. The minimum absolute atomic E-state index is 0.365. The Bertz CT molecular complexity index is 299. The number of rotatable bonds is 1. The standard InChI is InChI=1S/C11H18N2/c1-11(2)4-3-8-6-13-7-9(8)10(11)5-12/h6-7,10,13H,3-5,12H2,1-2H3. The third kappa shape index (κ3) is 1.29. The molecule has 0 radical (unpaired) electrons. The Morgan fingerprint density at radius 2 is 2.31 bits per heavy atom. The monoisotopic (exact) mass is 178 g/mol. The van der Waals surface area contributed by atoms with Gasteiger partial charge in [0.25, 0.3) is 0 Å². The first-order chi connectivity index (χ1) is 6.15. The van der Waals surface area contributed by atoms with Crippen LogP contribution in [0, 0.1) is 5.41 Å². The molecule has 1 aromatic rings. The maximum Gasteiger partial charge on any atom is 0.00437 e. The van der Waals surface area contributed by atoms with E-state index in [4.69, 9.17) is 5.73 Å². The second-order valence-electron chi connectivity index (χ2n) is 4.71. The lowest BCUT2D eigenvalue weighted by atomic mass is 9.67. The van der Waals surface area contributed by atoms with Crippen LogP contribution in [0.5, 0.6) is 0 Å². The Kier molecular flexibility index (Phi) is 1.95. The van der Waals surface area contributed by atoms with Crippen molar-refractivity contribution < 1.29 is 0 Å². The molecular formula is C11H18N2. The number of H-pyrrole nitrogens is 1. The number of nitrogens with one attached hydrogen (secondary N) is 1. The number of hydrogen-bond donors (Lipinski definition) is 2. The lowest BCUT2D eigenvalue weighted by Crippen LogP contribution is -2.32. The molecule has 0 aliphatic heterocycles. The summed E-state index contributed by atoms with van der Waals surface area (Å²) in [4.78, 5) is 3.19. The molecule has 1 heterocycles. The lowest BCUT2D eigenvalue weighted by Gasteiger charge is -2.38. The lowest BCUT2D eigenvalue weighted by molar-refractivity contribution is 0.250. The molecule has 0 bridgehead atoms. The van der Waals surface area contributed by atoms with Crippen LogP contribution in [0.2, 0.25) is 0 Å². The summed E-state index contributed by atoms with van der Waals surface area (Å²) in [5.41, 5.74) is 9.11. The van der Waals surface area contributed by atoms with E-state index in [2.05, 4.69) is 31.2 Å². The zero-order chi connectivity index (χ0) is 9.47. The molecule has 1 unspecified atom stereocenters. The highest BCUT2D eigenvalue weighted by atomic mass is 14.7. The predicted octanol–water partition coefficient (Wildman–Crippen LogP) is 2.03. The third-order valence-corrected chi connectivity index (χ3v) is 3.46. The maximum absolute atomic E-state index is 5.84. The van der Waals surface area contributed by atoms with Gasteiger partial charge in [-0.15, -0.1) is 0 Å². The summed E-state index contributed by atoms with van der Waals surface area (Å²) in [6.07, 6.45) is 6.68. The fourth-order valence-corrected chi connectivity index (χ4v) is 2.45. The fraction of sp³-hybridized carbons (Fsp3) is 0.636. The molecule has 2 rings (SSSR count). The van der Waals surface area contributed by atoms with Crippen molar-refractivity contribution in [3.8, 4) is 0 Å². The van der Waals surface area contributed by atoms with Gasteiger partial charge in [0.05, 0.1) is 0 Å². The summed E-state index contributed by atoms with van der Waals surface area (Å²) < 4.78 is 0. The summed E-state index contributed by atoms with van der Waals surface area (Å²) in [6.45, 7) is 5.40. The van der Waals surface area contributed by atoms with Crippen LogP contribution in [0.1, 0.15) is 37.3 Å². The van der Waals surface area contributed by atoms with Crippen molar-refractivity contribution in [1.29, 1.82) is 0 Å². The molecule has 72 valence electrons. The Balaban J connectivity index is 2.41. The van der Waals surface area contributed by atoms with Crippen molar-refractivity contribution in [2.75, 3.05) is 6.54 Å². The number of nitrogens with two attached hydrogens (primary N) is 1. The zero-order valence-corrected chi connectivity index (χ0v) is 8.43. The van der Waals surface area contributed by atoms with Gasteiger partial charge in [0, 0.05) is 18.3 Å². The van der Waals surface area contributed by atoms with Gasteiger partial charge in [-0.2, -0.15) is 0 Å². The number of aromatic nitrogens is 1. The van der Waals surface area contributed by atoms with Crippen molar-refractivity contribution in [2.45, 2.75) is 32.6 Å². The summed E-state index contributed by atoms with van der Waals surface area (Å²) in [5.74, 6) is 0.530. The normalized spacial score (nSPS) is 25.6. The molecular weight excluding hydrogens is 160 g/mol. The van der Waals surface area contributed by atoms with E-state index in [1.165, 1.54) is 24.0 Å². The SMILES string of the molecule is CC1(C)CCc2c[nH]cc2C1CN. The topological polar surface area (TPSA) is 41.8 Å². The van der Waals surface area contributed by atoms with Crippen LogP contribution in [0.3, 0.4) is 0 Å². The summed E-state index contributed by atoms with van der Waals surface area (Å²) in [7, 11) is 0. The molecule has 0 saturated heterocycles. The number of aryl methyl sites for hydroxylation is 1. The van der Waals surface area contributed by atoms with Gasteiger partial charge in [-0.1, -0.05) is 13.8 Å². The van der Waals surface area contributed by atoms with Gasteiger partial charge < -0.3 is 10.7 Å². The van der Waals surface area contributed by atoms with E-state index in [9.17, 15) is 0 Å². The molecule has 0 amide bonds. The summed E-state index contributed by atoms with van der Waals surface area (Å²) >= 11 is 0. The van der Waals surface area contributed by atoms with Crippen molar-refractivity contribution in [2.24, 2.45) is 11.1 Å². The van der Waals surface area contributed by atoms with Crippen LogP contribution in [-0.4, -0.2) is 11.5 Å². The average Bonchev–Trinajstić information content (AvgIpc) is 2.50. The molecule has 1 aliphatic carbocycles. The van der Waals surface area contributed by atoms with E-state index in [0.29, 0.717) is 11.3 Å². The minimum Gasteiger partial charge on any atom is -0.367 e. The van der Waals surface area contributed by atoms with Crippen LogP contribution in [0.4, 0.5) is 0 Å². The molecule has 13 heavy (non-hydrogen) atoms. The van der Waals surface area contributed by atoms with Crippen LogP contribution < -0.4 is 5.73 Å². The van der Waals surface area contributed by atoms with Crippen molar-refractivity contribution in [3.63, 3.8) is 0 Å². The number of fused-ring (bicyclic) bond motifs is 1. The van der Waals surface area contributed by atoms with Gasteiger partial charge in [0.2, 0.25) is 0 Å². The Hall–Kier alpha value is -0.760. The smallest absolute Gasteiger partial charge is 0.00437 e. The molecule has 3 N–H and O–H groups in total. The third-order valence-electron chi connectivity index (χ3n) is 3.46. The second-order valence-corrected chi connectivity index (χ2v) is 4.71. The van der Waals surface area contributed by atoms with E-state index in [-0.39, 0.29) is 0 Å². The molecule has 0 spiro atoms. The van der Waals surface area contributed by atoms with Crippen molar-refractivity contribution in [3.05, 3.63) is 23.5 Å². The molecule has 1 aliphatic rings. The van der Waals surface area contributed by atoms with Gasteiger partial charge in [0.15, 0.2) is 0 Å². The number of hydrogen-bond acceptors (Lipinski definition) is 1. The fourth-order valence-electron chi connectivity index (χ4n) is 2.45. The van der Waals surface area contributed by atoms with E-state index >= 15 is 0 Å². The highest BCUT2D eigenvalue weighted by Crippen LogP contribution is 2.44. The molecule has 1 atom stereocenters. The molecule has 1 aromatic heterocycles. The van der Waals surface area contributed by atoms with E-state index in [0.717, 1.165) is 6.54 Å². The van der Waals surface area contributed by atoms with Gasteiger partial charge in [-0.05, 0) is 35.9 Å². The van der Waals surface area contributed by atoms with E-state index < -0.39 is 0 Å². The van der Waals surface area contributed by atoms with Crippen LogP contribution in [0.15, 0.2) is 12.4 Å². The first-order valence-electron chi connectivity index (χ1n) is 5.01. The van der Waals surface area contributed by atoms with Crippen LogP contribution in [0.25, 0.3) is 0 Å². The van der Waals surface area contributed by atoms with Gasteiger partial charge in [-0.3, -0.25) is 0 Å². The highest BCUT2D eigenvalue weighted by molar-refractivity contribution is 5.32. The van der Waals surface area contributed by atoms with Gasteiger partial charge in [-0.25, -0.2) is 0 Å². The number of aromatic amines is 1. The largest absolute Gasteiger partial charge is 0.367 e. The summed E-state index contributed by atoms with van der Waals surface area (Å²) in [5, 5.41) is 0. The van der Waals surface area contributed by atoms with Crippen LogP contribution >= 0.6 is 0 Å². The quantitative estimate of drug-likeness (QED) is 0.679. The molecule has 2 heteroatoms. The van der Waals surface area contributed by atoms with Gasteiger partial charge in [0.1, 0.15) is 0 Å². The average molecular weight is 178 g/mol. The first kappa shape index (κ1) is 8.82. The summed E-state index contributed by atoms with van der Waals surface area (Å²) in [6, 6.07) is 0. The Morgan fingerprint density at radius 1 is 1.54 bits per heavy atom. The van der Waals surface area contributed by atoms with E-state index in [1.54, 1.807) is 0 Å². The van der Waals surface area contributed by atoms with Crippen molar-refractivity contribution >= 4 is 0 Å². The molecule has 0 saturated carbocycles. The molecule has 0 fully saturated rings. The second kappa shape index (κ2) is 2.88. The Labute approximate surface area is 79.5 Å². The zero-order valence-electron chi connectivity index (χ0n) is 8.43. The van der Waals surface area contributed by atoms with Crippen molar-refractivity contribution in [1.82, 2.24) is 4.98 Å². The molecule has 2 nitrogen and oxygen atoms in total. The first-order valence-corrected chi connectivity index (χ1v) is 5.01. The maximum atomic E-state index is 5.84. The van der Waals surface area contributed by atoms with Crippen LogP contribution in [-0.2, 0) is 6.42 Å². The molecule has 0 aromatic carbocycles. The minimum atomic E-state index is 0.365. The highest BCUT2D eigenvalue weighted by Gasteiger charge is 2.35. The predicted molar refractivity (Wildman–Crippen MR) is 54.7 cm³/mol.